The predicted molar refractivity (Wildman–Crippen MR) is 111 cm³/mol. The number of halogens is 2. The number of amides is 1. The fraction of sp³-hybridized carbons (Fsp3) is 0. The van der Waals surface area contributed by atoms with E-state index in [4.69, 9.17) is 33.0 Å². The molecule has 152 valence electrons. The quantitative estimate of drug-likeness (QED) is 0.465. The van der Waals surface area contributed by atoms with Crippen molar-refractivity contribution in [2.24, 2.45) is 0 Å². The van der Waals surface area contributed by atoms with Gasteiger partial charge in [-0.1, -0.05) is 35.3 Å². The standard InChI is InChI=1S/C21H13Cl2NO6/c22-15-8-5-11(9-16(15)23)19(25)24-17-3-1-2-4-18(17)30-12-6-7-13(20(26)27)14(10-12)21(28)29/h1-10H,(H,24,25)(H,26,27)(H,28,29). The molecular formula is C21H13Cl2NO6. The van der Waals surface area contributed by atoms with E-state index in [-0.39, 0.29) is 27.6 Å². The highest BCUT2D eigenvalue weighted by molar-refractivity contribution is 6.42. The molecule has 3 N–H and O–H groups in total. The van der Waals surface area contributed by atoms with E-state index in [9.17, 15) is 19.5 Å². The van der Waals surface area contributed by atoms with Gasteiger partial charge in [0.05, 0.1) is 26.9 Å². The first-order chi connectivity index (χ1) is 14.3. The van der Waals surface area contributed by atoms with Crippen molar-refractivity contribution in [3.63, 3.8) is 0 Å². The van der Waals surface area contributed by atoms with Crippen LogP contribution in [-0.2, 0) is 0 Å². The Bertz CT molecular complexity index is 1160. The van der Waals surface area contributed by atoms with Crippen molar-refractivity contribution >= 4 is 46.7 Å². The number of carboxylic acids is 2. The van der Waals surface area contributed by atoms with Gasteiger partial charge in [-0.2, -0.15) is 0 Å². The fourth-order valence-electron chi connectivity index (χ4n) is 2.57. The van der Waals surface area contributed by atoms with Crippen LogP contribution in [-0.4, -0.2) is 28.1 Å². The van der Waals surface area contributed by atoms with Crippen LogP contribution in [0.25, 0.3) is 0 Å². The first-order valence-electron chi connectivity index (χ1n) is 8.40. The van der Waals surface area contributed by atoms with E-state index < -0.39 is 23.4 Å². The number of ether oxygens (including phenoxy) is 1. The Morgan fingerprint density at radius 1 is 0.800 bits per heavy atom. The lowest BCUT2D eigenvalue weighted by Crippen LogP contribution is -2.12. The molecule has 0 fully saturated rings. The van der Waals surface area contributed by atoms with Gasteiger partial charge in [-0.15, -0.1) is 0 Å². The van der Waals surface area contributed by atoms with Gasteiger partial charge in [0.25, 0.3) is 5.91 Å². The lowest BCUT2D eigenvalue weighted by Gasteiger charge is -2.13. The number of hydrogen-bond acceptors (Lipinski definition) is 4. The summed E-state index contributed by atoms with van der Waals surface area (Å²) >= 11 is 11.8. The minimum absolute atomic E-state index is 0.0913. The Morgan fingerprint density at radius 2 is 1.50 bits per heavy atom. The molecule has 0 spiro atoms. The van der Waals surface area contributed by atoms with Gasteiger partial charge in [0.2, 0.25) is 0 Å². The Labute approximate surface area is 180 Å². The molecule has 0 atom stereocenters. The number of rotatable bonds is 6. The first kappa shape index (κ1) is 21.2. The lowest BCUT2D eigenvalue weighted by atomic mass is 10.1. The molecule has 0 aliphatic rings. The van der Waals surface area contributed by atoms with Crippen LogP contribution in [0.4, 0.5) is 5.69 Å². The average Bonchev–Trinajstić information content (AvgIpc) is 2.71. The van der Waals surface area contributed by atoms with Crippen LogP contribution in [0.1, 0.15) is 31.1 Å². The number of nitrogens with one attached hydrogen (secondary N) is 1. The second kappa shape index (κ2) is 8.86. The Morgan fingerprint density at radius 3 is 2.17 bits per heavy atom. The topological polar surface area (TPSA) is 113 Å². The summed E-state index contributed by atoms with van der Waals surface area (Å²) < 4.78 is 5.70. The molecule has 0 aromatic heterocycles. The average molecular weight is 446 g/mol. The molecule has 7 nitrogen and oxygen atoms in total. The third-order valence-corrected chi connectivity index (χ3v) is 4.74. The van der Waals surface area contributed by atoms with Crippen molar-refractivity contribution < 1.29 is 29.3 Å². The molecule has 0 radical (unpaired) electrons. The zero-order chi connectivity index (χ0) is 21.8. The van der Waals surface area contributed by atoms with Gasteiger partial charge in [0, 0.05) is 5.56 Å². The summed E-state index contributed by atoms with van der Waals surface area (Å²) in [6.07, 6.45) is 0. The number of anilines is 1. The van der Waals surface area contributed by atoms with Crippen molar-refractivity contribution in [1.82, 2.24) is 0 Å². The second-order valence-electron chi connectivity index (χ2n) is 6.00. The highest BCUT2D eigenvalue weighted by Crippen LogP contribution is 2.31. The summed E-state index contributed by atoms with van der Waals surface area (Å²) in [5.74, 6) is -2.91. The summed E-state index contributed by atoms with van der Waals surface area (Å²) in [6, 6.07) is 14.5. The van der Waals surface area contributed by atoms with Crippen molar-refractivity contribution in [2.45, 2.75) is 0 Å². The van der Waals surface area contributed by atoms with Crippen LogP contribution in [0.2, 0.25) is 10.0 Å². The summed E-state index contributed by atoms with van der Waals surface area (Å²) in [5, 5.41) is 21.6. The summed E-state index contributed by atoms with van der Waals surface area (Å²) in [6.45, 7) is 0. The summed E-state index contributed by atoms with van der Waals surface area (Å²) in [5.41, 5.74) is -0.195. The highest BCUT2D eigenvalue weighted by atomic mass is 35.5. The molecule has 0 saturated carbocycles. The SMILES string of the molecule is O=C(Nc1ccccc1Oc1ccc(C(=O)O)c(C(=O)O)c1)c1ccc(Cl)c(Cl)c1. The van der Waals surface area contributed by atoms with Gasteiger partial charge >= 0.3 is 11.9 Å². The number of carboxylic acid groups (broad SMARTS) is 2. The monoisotopic (exact) mass is 445 g/mol. The fourth-order valence-corrected chi connectivity index (χ4v) is 2.87. The maximum Gasteiger partial charge on any atom is 0.336 e. The third kappa shape index (κ3) is 4.71. The molecule has 0 heterocycles. The molecule has 0 bridgehead atoms. The van der Waals surface area contributed by atoms with Crippen molar-refractivity contribution in [2.75, 3.05) is 5.32 Å². The molecule has 30 heavy (non-hydrogen) atoms. The Kier molecular flexibility index (Phi) is 6.25. The van der Waals surface area contributed by atoms with Crippen molar-refractivity contribution in [1.29, 1.82) is 0 Å². The summed E-state index contributed by atoms with van der Waals surface area (Å²) in [4.78, 5) is 35.1. The van der Waals surface area contributed by atoms with Crippen LogP contribution < -0.4 is 10.1 Å². The predicted octanol–water partition coefficient (Wildman–Crippen LogP) is 5.43. The van der Waals surface area contributed by atoms with Crippen LogP contribution in [0.5, 0.6) is 11.5 Å². The van der Waals surface area contributed by atoms with Crippen LogP contribution in [0.3, 0.4) is 0 Å². The smallest absolute Gasteiger partial charge is 0.336 e. The van der Waals surface area contributed by atoms with Crippen LogP contribution in [0, 0.1) is 0 Å². The van der Waals surface area contributed by atoms with Gasteiger partial charge in [0.15, 0.2) is 5.75 Å². The number of carbonyl (C=O) groups is 3. The molecule has 9 heteroatoms. The molecular weight excluding hydrogens is 433 g/mol. The largest absolute Gasteiger partial charge is 0.478 e. The molecule has 3 aromatic rings. The third-order valence-electron chi connectivity index (χ3n) is 4.00. The minimum atomic E-state index is -1.40. The van der Waals surface area contributed by atoms with E-state index in [2.05, 4.69) is 5.32 Å². The van der Waals surface area contributed by atoms with E-state index in [1.54, 1.807) is 24.3 Å². The first-order valence-corrected chi connectivity index (χ1v) is 9.16. The van der Waals surface area contributed by atoms with Gasteiger partial charge in [0.1, 0.15) is 5.75 Å². The molecule has 0 unspecified atom stereocenters. The normalized spacial score (nSPS) is 10.3. The lowest BCUT2D eigenvalue weighted by molar-refractivity contribution is 0.0651. The molecule has 0 aliphatic heterocycles. The molecule has 1 amide bonds. The molecule has 0 aliphatic carbocycles. The zero-order valence-corrected chi connectivity index (χ0v) is 16.6. The number of benzene rings is 3. The molecule has 3 aromatic carbocycles. The number of aromatic carboxylic acids is 2. The van der Waals surface area contributed by atoms with Crippen LogP contribution in [0.15, 0.2) is 60.7 Å². The Hall–Kier alpha value is -3.55. The Balaban J connectivity index is 1.88. The second-order valence-corrected chi connectivity index (χ2v) is 6.81. The maximum atomic E-state index is 12.5. The van der Waals surface area contributed by atoms with Gasteiger partial charge in [-0.3, -0.25) is 4.79 Å². The van der Waals surface area contributed by atoms with E-state index in [0.29, 0.717) is 10.7 Å². The molecule has 3 rings (SSSR count). The van der Waals surface area contributed by atoms with Crippen molar-refractivity contribution in [3.8, 4) is 11.5 Å². The highest BCUT2D eigenvalue weighted by Gasteiger charge is 2.18. The van der Waals surface area contributed by atoms with E-state index >= 15 is 0 Å². The van der Waals surface area contributed by atoms with Crippen molar-refractivity contribution in [3.05, 3.63) is 87.4 Å². The van der Waals surface area contributed by atoms with Gasteiger partial charge in [-0.05, 0) is 48.5 Å². The van der Waals surface area contributed by atoms with E-state index in [1.807, 2.05) is 0 Å². The van der Waals surface area contributed by atoms with Gasteiger partial charge < -0.3 is 20.3 Å². The van der Waals surface area contributed by atoms with E-state index in [0.717, 1.165) is 12.1 Å². The van der Waals surface area contributed by atoms with E-state index in [1.165, 1.54) is 24.3 Å². The zero-order valence-electron chi connectivity index (χ0n) is 15.1. The van der Waals surface area contributed by atoms with Gasteiger partial charge in [-0.25, -0.2) is 9.59 Å². The number of para-hydroxylation sites is 2. The van der Waals surface area contributed by atoms with Crippen LogP contribution >= 0.6 is 23.2 Å². The molecule has 0 saturated heterocycles. The number of hydrogen-bond donors (Lipinski definition) is 3. The summed E-state index contributed by atoms with van der Waals surface area (Å²) in [7, 11) is 0. The maximum absolute atomic E-state index is 12.5. The minimum Gasteiger partial charge on any atom is -0.478 e. The number of carbonyl (C=O) groups excluding carboxylic acids is 1.